The van der Waals surface area contributed by atoms with Crippen molar-refractivity contribution in [1.29, 1.82) is 0 Å². The van der Waals surface area contributed by atoms with E-state index in [1.54, 1.807) is 0 Å². The van der Waals surface area contributed by atoms with Crippen LogP contribution in [0.2, 0.25) is 0 Å². The summed E-state index contributed by atoms with van der Waals surface area (Å²) in [4.78, 5) is 15.4. The van der Waals surface area contributed by atoms with Gasteiger partial charge in [0.25, 0.3) is 0 Å². The lowest BCUT2D eigenvalue weighted by Crippen LogP contribution is -2.32. The molecule has 2 aromatic rings. The molecular weight excluding hydrogens is 248 g/mol. The molecule has 0 atom stereocenters. The standard InChI is InChI=1S/C14H17ClN2O/c1-9-7-10-11(16-9)5-4-6-12(10)17-13(18)14(2,3)8-15/h4-7,16H,8H2,1-3H3,(H,17,18). The molecule has 3 nitrogen and oxygen atoms in total. The molecule has 1 heterocycles. The van der Waals surface area contributed by atoms with Crippen molar-refractivity contribution in [1.82, 2.24) is 4.98 Å². The van der Waals surface area contributed by atoms with E-state index in [1.807, 2.05) is 45.0 Å². The van der Waals surface area contributed by atoms with E-state index in [-0.39, 0.29) is 5.91 Å². The molecule has 0 unspecified atom stereocenters. The van der Waals surface area contributed by atoms with E-state index in [4.69, 9.17) is 11.6 Å². The van der Waals surface area contributed by atoms with Gasteiger partial charge < -0.3 is 10.3 Å². The van der Waals surface area contributed by atoms with Crippen LogP contribution >= 0.6 is 11.6 Å². The first-order valence-electron chi connectivity index (χ1n) is 5.90. The van der Waals surface area contributed by atoms with Gasteiger partial charge in [-0.2, -0.15) is 0 Å². The second kappa shape index (κ2) is 4.65. The van der Waals surface area contributed by atoms with Crippen LogP contribution in [-0.4, -0.2) is 16.8 Å². The van der Waals surface area contributed by atoms with Gasteiger partial charge in [0.05, 0.1) is 11.1 Å². The second-order valence-electron chi connectivity index (χ2n) is 5.19. The van der Waals surface area contributed by atoms with E-state index >= 15 is 0 Å². The Morgan fingerprint density at radius 2 is 2.17 bits per heavy atom. The molecule has 1 amide bonds. The van der Waals surface area contributed by atoms with Crippen LogP contribution in [-0.2, 0) is 4.79 Å². The fourth-order valence-electron chi connectivity index (χ4n) is 1.76. The van der Waals surface area contributed by atoms with Crippen LogP contribution in [0.5, 0.6) is 0 Å². The summed E-state index contributed by atoms with van der Waals surface area (Å²) in [5, 5.41) is 3.97. The number of aryl methyl sites for hydroxylation is 1. The summed E-state index contributed by atoms with van der Waals surface area (Å²) in [7, 11) is 0. The quantitative estimate of drug-likeness (QED) is 0.816. The van der Waals surface area contributed by atoms with Crippen LogP contribution in [0.25, 0.3) is 10.9 Å². The minimum Gasteiger partial charge on any atom is -0.359 e. The first-order valence-corrected chi connectivity index (χ1v) is 6.43. The number of alkyl halides is 1. The Morgan fingerprint density at radius 3 is 2.83 bits per heavy atom. The largest absolute Gasteiger partial charge is 0.359 e. The number of carbonyl (C=O) groups is 1. The minimum atomic E-state index is -0.574. The number of nitrogens with one attached hydrogen (secondary N) is 2. The van der Waals surface area contributed by atoms with Crippen molar-refractivity contribution in [3.05, 3.63) is 30.0 Å². The Balaban J connectivity index is 2.35. The number of benzene rings is 1. The Kier molecular flexibility index (Phi) is 3.35. The molecule has 0 fully saturated rings. The third kappa shape index (κ3) is 2.36. The Morgan fingerprint density at radius 1 is 1.44 bits per heavy atom. The molecule has 0 saturated heterocycles. The lowest BCUT2D eigenvalue weighted by Gasteiger charge is -2.20. The van der Waals surface area contributed by atoms with Gasteiger partial charge in [0.15, 0.2) is 0 Å². The van der Waals surface area contributed by atoms with Gasteiger partial charge >= 0.3 is 0 Å². The van der Waals surface area contributed by atoms with Crippen LogP contribution in [0.4, 0.5) is 5.69 Å². The Hall–Kier alpha value is -1.48. The number of aromatic nitrogens is 1. The summed E-state index contributed by atoms with van der Waals surface area (Å²) in [6.07, 6.45) is 0. The highest BCUT2D eigenvalue weighted by atomic mass is 35.5. The molecule has 2 rings (SSSR count). The average molecular weight is 265 g/mol. The van der Waals surface area contributed by atoms with E-state index < -0.39 is 5.41 Å². The summed E-state index contributed by atoms with van der Waals surface area (Å²) in [6.45, 7) is 5.66. The fourth-order valence-corrected chi connectivity index (χ4v) is 1.88. The summed E-state index contributed by atoms with van der Waals surface area (Å²) in [5.74, 6) is 0.227. The van der Waals surface area contributed by atoms with Crippen molar-refractivity contribution < 1.29 is 4.79 Å². The van der Waals surface area contributed by atoms with Crippen LogP contribution in [0.3, 0.4) is 0 Å². The summed E-state index contributed by atoms with van der Waals surface area (Å²) in [5.41, 5.74) is 2.34. The predicted octanol–water partition coefficient (Wildman–Crippen LogP) is 3.68. The molecule has 0 aliphatic carbocycles. The van der Waals surface area contributed by atoms with Crippen molar-refractivity contribution in [2.45, 2.75) is 20.8 Å². The first kappa shape index (κ1) is 13.0. The van der Waals surface area contributed by atoms with Crippen molar-refractivity contribution in [3.8, 4) is 0 Å². The van der Waals surface area contributed by atoms with E-state index in [2.05, 4.69) is 10.3 Å². The molecule has 1 aromatic carbocycles. The van der Waals surface area contributed by atoms with Crippen LogP contribution < -0.4 is 5.32 Å². The highest BCUT2D eigenvalue weighted by Crippen LogP contribution is 2.26. The SMILES string of the molecule is Cc1cc2c(NC(=O)C(C)(C)CCl)cccc2[nH]1. The monoisotopic (exact) mass is 264 g/mol. The molecule has 1 aromatic heterocycles. The van der Waals surface area contributed by atoms with Crippen molar-refractivity contribution in [2.24, 2.45) is 5.41 Å². The van der Waals surface area contributed by atoms with Crippen LogP contribution in [0.15, 0.2) is 24.3 Å². The summed E-state index contributed by atoms with van der Waals surface area (Å²) >= 11 is 5.81. The van der Waals surface area contributed by atoms with Crippen molar-refractivity contribution in [3.63, 3.8) is 0 Å². The zero-order chi connectivity index (χ0) is 13.3. The Bertz CT molecular complexity index is 586. The number of hydrogen-bond donors (Lipinski definition) is 2. The van der Waals surface area contributed by atoms with Crippen molar-refractivity contribution in [2.75, 3.05) is 11.2 Å². The number of amides is 1. The van der Waals surface area contributed by atoms with E-state index in [0.717, 1.165) is 22.3 Å². The topological polar surface area (TPSA) is 44.9 Å². The molecular formula is C14H17ClN2O. The third-order valence-corrected chi connectivity index (χ3v) is 3.66. The van der Waals surface area contributed by atoms with Gasteiger partial charge in [-0.15, -0.1) is 11.6 Å². The number of hydrogen-bond acceptors (Lipinski definition) is 1. The van der Waals surface area contributed by atoms with E-state index in [9.17, 15) is 4.79 Å². The number of carbonyl (C=O) groups excluding carboxylic acids is 1. The fraction of sp³-hybridized carbons (Fsp3) is 0.357. The molecule has 0 spiro atoms. The summed E-state index contributed by atoms with van der Waals surface area (Å²) in [6, 6.07) is 7.84. The third-order valence-electron chi connectivity index (χ3n) is 3.00. The minimum absolute atomic E-state index is 0.0659. The van der Waals surface area contributed by atoms with Gasteiger partial charge in [-0.25, -0.2) is 0 Å². The molecule has 0 aliphatic heterocycles. The maximum Gasteiger partial charge on any atom is 0.231 e. The number of fused-ring (bicyclic) bond motifs is 1. The van der Waals surface area contributed by atoms with Gasteiger partial charge in [-0.3, -0.25) is 4.79 Å². The van der Waals surface area contributed by atoms with E-state index in [1.165, 1.54) is 0 Å². The smallest absolute Gasteiger partial charge is 0.231 e. The zero-order valence-corrected chi connectivity index (χ0v) is 11.6. The van der Waals surface area contributed by atoms with Gasteiger partial charge in [0.1, 0.15) is 0 Å². The van der Waals surface area contributed by atoms with Crippen LogP contribution in [0.1, 0.15) is 19.5 Å². The van der Waals surface area contributed by atoms with Crippen molar-refractivity contribution >= 4 is 34.1 Å². The van der Waals surface area contributed by atoms with E-state index in [0.29, 0.717) is 5.88 Å². The molecule has 96 valence electrons. The van der Waals surface area contributed by atoms with Gasteiger partial charge in [-0.05, 0) is 39.0 Å². The predicted molar refractivity (Wildman–Crippen MR) is 76.2 cm³/mol. The van der Waals surface area contributed by atoms with Gasteiger partial charge in [0.2, 0.25) is 5.91 Å². The van der Waals surface area contributed by atoms with Crippen LogP contribution in [0, 0.1) is 12.3 Å². The number of anilines is 1. The Labute approximate surface area is 112 Å². The molecule has 4 heteroatoms. The lowest BCUT2D eigenvalue weighted by molar-refractivity contribution is -0.122. The lowest BCUT2D eigenvalue weighted by atomic mass is 9.95. The normalized spacial score (nSPS) is 11.8. The molecule has 0 saturated carbocycles. The molecule has 18 heavy (non-hydrogen) atoms. The maximum atomic E-state index is 12.1. The van der Waals surface area contributed by atoms with Gasteiger partial charge in [0, 0.05) is 22.5 Å². The second-order valence-corrected chi connectivity index (χ2v) is 5.46. The number of aromatic amines is 1. The number of H-pyrrole nitrogens is 1. The first-order chi connectivity index (χ1) is 8.44. The molecule has 0 bridgehead atoms. The number of halogens is 1. The summed E-state index contributed by atoms with van der Waals surface area (Å²) < 4.78 is 0. The highest BCUT2D eigenvalue weighted by molar-refractivity contribution is 6.20. The zero-order valence-electron chi connectivity index (χ0n) is 10.8. The molecule has 0 radical (unpaired) electrons. The molecule has 0 aliphatic rings. The number of rotatable bonds is 3. The highest BCUT2D eigenvalue weighted by Gasteiger charge is 2.26. The maximum absolute atomic E-state index is 12.1. The average Bonchev–Trinajstić information content (AvgIpc) is 2.70. The van der Waals surface area contributed by atoms with Gasteiger partial charge in [-0.1, -0.05) is 6.07 Å². The molecule has 2 N–H and O–H groups in total.